The molecule has 0 aliphatic rings. The minimum atomic E-state index is -3.38. The van der Waals surface area contributed by atoms with Crippen molar-refractivity contribution in [2.75, 3.05) is 6.26 Å². The highest BCUT2D eigenvalue weighted by molar-refractivity contribution is 7.90. The van der Waals surface area contributed by atoms with Crippen LogP contribution in [0.3, 0.4) is 0 Å². The van der Waals surface area contributed by atoms with Crippen LogP contribution in [0.4, 0.5) is 4.39 Å². The quantitative estimate of drug-likeness (QED) is 0.440. The van der Waals surface area contributed by atoms with Gasteiger partial charge in [0, 0.05) is 29.6 Å². The summed E-state index contributed by atoms with van der Waals surface area (Å²) in [6.07, 6.45) is 2.55. The van der Waals surface area contributed by atoms with Crippen molar-refractivity contribution in [2.45, 2.75) is 4.90 Å². The second-order valence-corrected chi connectivity index (χ2v) is 8.84. The van der Waals surface area contributed by atoms with E-state index in [1.807, 2.05) is 0 Å². The number of halogens is 2. The molecule has 0 amide bonds. The molecule has 0 aliphatic heterocycles. The average molecular weight is 430 g/mol. The zero-order valence-corrected chi connectivity index (χ0v) is 16.6. The largest absolute Gasteiger partial charge is 0.455 e. The maximum atomic E-state index is 13.7. The van der Waals surface area contributed by atoms with Gasteiger partial charge < -0.3 is 4.42 Å². The summed E-state index contributed by atoms with van der Waals surface area (Å²) in [5, 5.41) is 0.480. The number of pyridine rings is 1. The Morgan fingerprint density at radius 2 is 1.69 bits per heavy atom. The molecule has 0 saturated heterocycles. The molecule has 0 bridgehead atoms. The molecule has 0 fully saturated rings. The molecule has 29 heavy (non-hydrogen) atoms. The number of sulfone groups is 1. The summed E-state index contributed by atoms with van der Waals surface area (Å²) < 4.78 is 43.1. The molecule has 0 radical (unpaired) electrons. The van der Waals surface area contributed by atoms with Crippen LogP contribution < -0.4 is 5.43 Å². The first kappa shape index (κ1) is 19.3. The van der Waals surface area contributed by atoms with E-state index in [-0.39, 0.29) is 37.8 Å². The fourth-order valence-corrected chi connectivity index (χ4v) is 3.75. The summed E-state index contributed by atoms with van der Waals surface area (Å²) in [5.41, 5.74) is 0.878. The Morgan fingerprint density at radius 3 is 2.31 bits per heavy atom. The number of benzene rings is 2. The molecule has 5 nitrogen and oxygen atoms in total. The van der Waals surface area contributed by atoms with Gasteiger partial charge in [-0.25, -0.2) is 17.8 Å². The Kier molecular flexibility index (Phi) is 4.72. The van der Waals surface area contributed by atoms with Gasteiger partial charge in [0.1, 0.15) is 22.3 Å². The Labute approximate surface area is 170 Å². The molecule has 0 N–H and O–H groups in total. The molecule has 0 unspecified atom stereocenters. The van der Waals surface area contributed by atoms with Crippen molar-refractivity contribution in [3.8, 4) is 22.5 Å². The zero-order chi connectivity index (χ0) is 20.8. The highest BCUT2D eigenvalue weighted by Gasteiger charge is 2.19. The Bertz CT molecular complexity index is 1400. The summed E-state index contributed by atoms with van der Waals surface area (Å²) in [6, 6.07) is 12.8. The second kappa shape index (κ2) is 7.09. The van der Waals surface area contributed by atoms with Gasteiger partial charge in [0.15, 0.2) is 9.84 Å². The van der Waals surface area contributed by atoms with Crippen LogP contribution in [0.2, 0.25) is 5.15 Å². The standard InChI is InChI=1S/C21H13ClFNO4S/c1-29(26,27)15-6-2-12(3-7-15)21-19(13-4-9-18(22)24-11-13)20(25)16-8-5-14(23)10-17(16)28-21/h2-11H,1H3. The first-order valence-corrected chi connectivity index (χ1v) is 10.7. The van der Waals surface area contributed by atoms with Crippen molar-refractivity contribution in [1.82, 2.24) is 4.98 Å². The molecule has 8 heteroatoms. The molecule has 4 aromatic rings. The molecule has 2 aromatic heterocycles. The molecule has 0 saturated carbocycles. The van der Waals surface area contributed by atoms with Crippen LogP contribution in [0.1, 0.15) is 0 Å². The molecule has 146 valence electrons. The molecule has 0 spiro atoms. The maximum absolute atomic E-state index is 13.7. The highest BCUT2D eigenvalue weighted by Crippen LogP contribution is 2.33. The fourth-order valence-electron chi connectivity index (χ4n) is 3.01. The van der Waals surface area contributed by atoms with Crippen LogP contribution in [-0.2, 0) is 9.84 Å². The van der Waals surface area contributed by atoms with E-state index >= 15 is 0 Å². The Morgan fingerprint density at radius 1 is 1.00 bits per heavy atom. The monoisotopic (exact) mass is 429 g/mol. The van der Waals surface area contributed by atoms with Crippen molar-refractivity contribution < 1.29 is 17.2 Å². The third-order valence-corrected chi connectivity index (χ3v) is 5.77. The topological polar surface area (TPSA) is 77.2 Å². The molecule has 2 heterocycles. The van der Waals surface area contributed by atoms with Crippen LogP contribution in [0.5, 0.6) is 0 Å². The molecule has 2 aromatic carbocycles. The first-order chi connectivity index (χ1) is 13.7. The lowest BCUT2D eigenvalue weighted by molar-refractivity contribution is 0.598. The van der Waals surface area contributed by atoms with Crippen molar-refractivity contribution >= 4 is 32.4 Å². The second-order valence-electron chi connectivity index (χ2n) is 6.44. The van der Waals surface area contributed by atoms with Gasteiger partial charge in [-0.2, -0.15) is 0 Å². The minimum Gasteiger partial charge on any atom is -0.455 e. The Hall–Kier alpha value is -3.03. The van der Waals surface area contributed by atoms with Crippen molar-refractivity contribution in [2.24, 2.45) is 0 Å². The van der Waals surface area contributed by atoms with E-state index in [9.17, 15) is 17.6 Å². The lowest BCUT2D eigenvalue weighted by atomic mass is 9.99. The normalized spacial score (nSPS) is 11.7. The van der Waals surface area contributed by atoms with Crippen LogP contribution in [0.25, 0.3) is 33.4 Å². The lowest BCUT2D eigenvalue weighted by Gasteiger charge is -2.11. The van der Waals surface area contributed by atoms with Gasteiger partial charge in [0.05, 0.1) is 15.8 Å². The van der Waals surface area contributed by atoms with E-state index in [0.29, 0.717) is 11.1 Å². The van der Waals surface area contributed by atoms with Crippen LogP contribution in [0.15, 0.2) is 74.9 Å². The Balaban J connectivity index is 2.04. The van der Waals surface area contributed by atoms with Gasteiger partial charge in [0.25, 0.3) is 0 Å². The maximum Gasteiger partial charge on any atom is 0.201 e. The number of nitrogens with zero attached hydrogens (tertiary/aromatic N) is 1. The van der Waals surface area contributed by atoms with Crippen molar-refractivity contribution in [3.05, 3.63) is 82.0 Å². The van der Waals surface area contributed by atoms with E-state index in [1.54, 1.807) is 12.1 Å². The third-order valence-electron chi connectivity index (χ3n) is 4.42. The van der Waals surface area contributed by atoms with Gasteiger partial charge in [-0.05, 0) is 48.5 Å². The van der Waals surface area contributed by atoms with Crippen molar-refractivity contribution in [3.63, 3.8) is 0 Å². The molecule has 4 rings (SSSR count). The molecular formula is C21H13ClFNO4S. The van der Waals surface area contributed by atoms with Crippen LogP contribution in [-0.4, -0.2) is 19.7 Å². The van der Waals surface area contributed by atoms with Crippen molar-refractivity contribution in [1.29, 1.82) is 0 Å². The molecular weight excluding hydrogens is 417 g/mol. The zero-order valence-electron chi connectivity index (χ0n) is 15.0. The predicted octanol–water partition coefficient (Wildman–Crippen LogP) is 4.72. The van der Waals surface area contributed by atoms with E-state index in [0.717, 1.165) is 12.3 Å². The SMILES string of the molecule is CS(=O)(=O)c1ccc(-c2oc3cc(F)ccc3c(=O)c2-c2ccc(Cl)nc2)cc1. The van der Waals surface area contributed by atoms with Gasteiger partial charge >= 0.3 is 0 Å². The van der Waals surface area contributed by atoms with E-state index < -0.39 is 15.7 Å². The number of rotatable bonds is 3. The van der Waals surface area contributed by atoms with Gasteiger partial charge in [-0.3, -0.25) is 4.79 Å². The third kappa shape index (κ3) is 3.66. The number of hydrogen-bond donors (Lipinski definition) is 0. The number of hydrogen-bond acceptors (Lipinski definition) is 5. The highest BCUT2D eigenvalue weighted by atomic mass is 35.5. The first-order valence-electron chi connectivity index (χ1n) is 8.43. The number of aromatic nitrogens is 1. The van der Waals surface area contributed by atoms with Crippen LogP contribution in [0, 0.1) is 5.82 Å². The van der Waals surface area contributed by atoms with Gasteiger partial charge in [-0.15, -0.1) is 0 Å². The van der Waals surface area contributed by atoms with E-state index in [1.165, 1.54) is 42.6 Å². The van der Waals surface area contributed by atoms with Gasteiger partial charge in [0.2, 0.25) is 5.43 Å². The minimum absolute atomic E-state index is 0.0860. The summed E-state index contributed by atoms with van der Waals surface area (Å²) >= 11 is 5.86. The fraction of sp³-hybridized carbons (Fsp3) is 0.0476. The lowest BCUT2D eigenvalue weighted by Crippen LogP contribution is -2.08. The smallest absolute Gasteiger partial charge is 0.201 e. The van der Waals surface area contributed by atoms with Gasteiger partial charge in [-0.1, -0.05) is 11.6 Å². The number of fused-ring (bicyclic) bond motifs is 1. The molecule has 0 atom stereocenters. The summed E-state index contributed by atoms with van der Waals surface area (Å²) in [7, 11) is -3.38. The summed E-state index contributed by atoms with van der Waals surface area (Å²) in [6.45, 7) is 0. The predicted molar refractivity (Wildman–Crippen MR) is 109 cm³/mol. The average Bonchev–Trinajstić information content (AvgIpc) is 2.68. The van der Waals surface area contributed by atoms with E-state index in [4.69, 9.17) is 16.0 Å². The van der Waals surface area contributed by atoms with Crippen LogP contribution >= 0.6 is 11.6 Å². The van der Waals surface area contributed by atoms with E-state index in [2.05, 4.69) is 4.98 Å². The summed E-state index contributed by atoms with van der Waals surface area (Å²) in [4.78, 5) is 17.4. The molecule has 0 aliphatic carbocycles. The summed E-state index contributed by atoms with van der Waals surface area (Å²) in [5.74, 6) is -0.364.